The number of methoxy groups -OCH3 is 2. The summed E-state index contributed by atoms with van der Waals surface area (Å²) in [5, 5.41) is 15.1. The van der Waals surface area contributed by atoms with Gasteiger partial charge in [-0.1, -0.05) is 23.7 Å². The highest BCUT2D eigenvalue weighted by atomic mass is 35.5. The lowest BCUT2D eigenvalue weighted by Gasteiger charge is -2.15. The summed E-state index contributed by atoms with van der Waals surface area (Å²) < 4.78 is 16.9. The predicted molar refractivity (Wildman–Crippen MR) is 137 cm³/mol. The van der Waals surface area contributed by atoms with E-state index in [0.29, 0.717) is 50.4 Å². The zero-order chi connectivity index (χ0) is 24.9. The van der Waals surface area contributed by atoms with Crippen molar-refractivity contribution in [2.45, 2.75) is 0 Å². The summed E-state index contributed by atoms with van der Waals surface area (Å²) in [7, 11) is 4.86. The number of ether oxygens (including phenoxy) is 3. The van der Waals surface area contributed by atoms with Crippen molar-refractivity contribution >= 4 is 39.9 Å². The highest BCUT2D eigenvalue weighted by Crippen LogP contribution is 2.37. The Hall–Kier alpha value is -4.30. The van der Waals surface area contributed by atoms with Crippen LogP contribution in [0.5, 0.6) is 23.0 Å². The Labute approximate surface area is 207 Å². The molecule has 0 saturated heterocycles. The third-order valence-corrected chi connectivity index (χ3v) is 5.65. The van der Waals surface area contributed by atoms with Gasteiger partial charge in [-0.15, -0.1) is 0 Å². The average molecular weight is 491 g/mol. The van der Waals surface area contributed by atoms with Gasteiger partial charge in [-0.2, -0.15) is 0 Å². The summed E-state index contributed by atoms with van der Waals surface area (Å²) in [5.41, 5.74) is 2.08. The normalized spacial score (nSPS) is 10.5. The second kappa shape index (κ2) is 10.3. The minimum atomic E-state index is -0.462. The first-order chi connectivity index (χ1) is 16.9. The number of fused-ring (bicyclic) bond motifs is 1. The van der Waals surface area contributed by atoms with Gasteiger partial charge in [0.2, 0.25) is 0 Å². The highest BCUT2D eigenvalue weighted by Gasteiger charge is 2.16. The molecule has 0 aliphatic heterocycles. The molecule has 0 spiro atoms. The molecule has 1 amide bonds. The first kappa shape index (κ1) is 23.8. The first-order valence-corrected chi connectivity index (χ1v) is 11.0. The molecule has 0 radical (unpaired) electrons. The van der Waals surface area contributed by atoms with Crippen LogP contribution in [0.15, 0.2) is 66.9 Å². The molecule has 4 rings (SSSR count). The number of anilines is 1. The molecular formula is C26H23ClN4O4. The van der Waals surface area contributed by atoms with Crippen molar-refractivity contribution in [3.8, 4) is 23.0 Å². The van der Waals surface area contributed by atoms with E-state index in [-0.39, 0.29) is 5.84 Å². The maximum Gasteiger partial charge on any atom is 0.258 e. The Balaban J connectivity index is 1.60. The van der Waals surface area contributed by atoms with Gasteiger partial charge in [0, 0.05) is 42.0 Å². The lowest BCUT2D eigenvalue weighted by atomic mass is 10.1. The van der Waals surface area contributed by atoms with E-state index in [0.717, 1.165) is 5.39 Å². The zero-order valence-corrected chi connectivity index (χ0v) is 20.1. The molecule has 4 aromatic rings. The van der Waals surface area contributed by atoms with Gasteiger partial charge in [-0.3, -0.25) is 15.2 Å². The van der Waals surface area contributed by atoms with Crippen molar-refractivity contribution in [1.29, 1.82) is 5.41 Å². The fourth-order valence-electron chi connectivity index (χ4n) is 3.57. The second-order valence-corrected chi connectivity index (χ2v) is 7.81. The summed E-state index contributed by atoms with van der Waals surface area (Å²) >= 11 is 6.10. The monoisotopic (exact) mass is 490 g/mol. The summed E-state index contributed by atoms with van der Waals surface area (Å²) in [4.78, 5) is 17.0. The lowest BCUT2D eigenvalue weighted by Crippen LogP contribution is -2.31. The fourth-order valence-corrected chi connectivity index (χ4v) is 3.79. The number of pyridine rings is 1. The van der Waals surface area contributed by atoms with Crippen LogP contribution >= 0.6 is 11.6 Å². The van der Waals surface area contributed by atoms with Crippen LogP contribution in [-0.2, 0) is 0 Å². The number of nitrogens with one attached hydrogen (secondary N) is 3. The van der Waals surface area contributed by atoms with E-state index < -0.39 is 5.91 Å². The second-order valence-electron chi connectivity index (χ2n) is 7.40. The van der Waals surface area contributed by atoms with E-state index in [9.17, 15) is 4.79 Å². The predicted octanol–water partition coefficient (Wildman–Crippen LogP) is 5.49. The van der Waals surface area contributed by atoms with E-state index in [2.05, 4.69) is 15.6 Å². The Bertz CT molecular complexity index is 1420. The molecule has 1 aromatic heterocycles. The molecule has 3 aromatic carbocycles. The molecule has 0 fully saturated rings. The summed E-state index contributed by atoms with van der Waals surface area (Å²) in [6.07, 6.45) is 1.65. The number of hydrogen-bond acceptors (Lipinski definition) is 7. The van der Waals surface area contributed by atoms with Crippen molar-refractivity contribution < 1.29 is 19.0 Å². The highest BCUT2D eigenvalue weighted by molar-refractivity contribution is 6.34. The fraction of sp³-hybridized carbons (Fsp3) is 0.115. The molecule has 9 heteroatoms. The summed E-state index contributed by atoms with van der Waals surface area (Å²) in [5.74, 6) is 1.71. The van der Waals surface area contributed by atoms with Crippen molar-refractivity contribution in [2.24, 2.45) is 0 Å². The Kier molecular flexibility index (Phi) is 7.03. The molecule has 0 bridgehead atoms. The Morgan fingerprint density at radius 1 is 0.943 bits per heavy atom. The topological polar surface area (TPSA) is 106 Å². The number of benzene rings is 3. The van der Waals surface area contributed by atoms with Crippen molar-refractivity contribution in [3.05, 3.63) is 83.0 Å². The van der Waals surface area contributed by atoms with Crippen LogP contribution in [0.25, 0.3) is 10.9 Å². The van der Waals surface area contributed by atoms with Crippen molar-refractivity contribution in [3.63, 3.8) is 0 Å². The van der Waals surface area contributed by atoms with E-state index in [4.69, 9.17) is 31.2 Å². The van der Waals surface area contributed by atoms with E-state index in [1.165, 1.54) is 0 Å². The van der Waals surface area contributed by atoms with Gasteiger partial charge < -0.3 is 24.8 Å². The number of rotatable bonds is 7. The van der Waals surface area contributed by atoms with Crippen LogP contribution in [0.4, 0.5) is 5.69 Å². The van der Waals surface area contributed by atoms with Crippen molar-refractivity contribution in [1.82, 2.24) is 10.3 Å². The zero-order valence-electron chi connectivity index (χ0n) is 19.3. The molecule has 1 heterocycles. The standard InChI is InChI=1S/C26H23ClN4O4/c1-29-20-12-15(8-9-17(20)25(28)31-26(32)16-6-4-5-7-19(16)27)35-22-10-11-30-21-14-24(34-3)23(33-2)13-18(21)22/h4-14,29H,1-3H3,(H2,28,31,32). The van der Waals surface area contributed by atoms with E-state index in [1.807, 2.05) is 6.07 Å². The van der Waals surface area contributed by atoms with Gasteiger partial charge in [0.25, 0.3) is 5.91 Å². The van der Waals surface area contributed by atoms with E-state index >= 15 is 0 Å². The number of aromatic nitrogens is 1. The molecule has 0 saturated carbocycles. The number of halogens is 1. The molecule has 3 N–H and O–H groups in total. The number of hydrogen-bond donors (Lipinski definition) is 3. The van der Waals surface area contributed by atoms with Gasteiger partial charge in [0.05, 0.1) is 30.3 Å². The van der Waals surface area contributed by atoms with Gasteiger partial charge in [0.15, 0.2) is 11.5 Å². The molecule has 0 atom stereocenters. The maximum absolute atomic E-state index is 12.6. The Morgan fingerprint density at radius 2 is 1.69 bits per heavy atom. The molecule has 8 nitrogen and oxygen atoms in total. The van der Waals surface area contributed by atoms with Crippen LogP contribution in [0.3, 0.4) is 0 Å². The van der Waals surface area contributed by atoms with Crippen LogP contribution < -0.4 is 24.8 Å². The number of nitrogens with zero attached hydrogens (tertiary/aromatic N) is 1. The molecule has 178 valence electrons. The van der Waals surface area contributed by atoms with Crippen LogP contribution in [0.1, 0.15) is 15.9 Å². The summed E-state index contributed by atoms with van der Waals surface area (Å²) in [6.45, 7) is 0. The van der Waals surface area contributed by atoms with Gasteiger partial charge in [-0.25, -0.2) is 0 Å². The number of amides is 1. The molecule has 0 aliphatic carbocycles. The lowest BCUT2D eigenvalue weighted by molar-refractivity contribution is 0.0977. The number of carbonyl (C=O) groups is 1. The minimum Gasteiger partial charge on any atom is -0.493 e. The Morgan fingerprint density at radius 3 is 2.40 bits per heavy atom. The van der Waals surface area contributed by atoms with Gasteiger partial charge in [-0.05, 0) is 36.4 Å². The third-order valence-electron chi connectivity index (χ3n) is 5.32. The van der Waals surface area contributed by atoms with Crippen LogP contribution in [0, 0.1) is 5.41 Å². The SMILES string of the molecule is CNc1cc(Oc2ccnc3cc(OC)c(OC)cc23)ccc1C(=N)NC(=O)c1ccccc1Cl. The largest absolute Gasteiger partial charge is 0.493 e. The molecule has 35 heavy (non-hydrogen) atoms. The molecule has 0 unspecified atom stereocenters. The molecule has 0 aliphatic rings. The summed E-state index contributed by atoms with van der Waals surface area (Å²) in [6, 6.07) is 17.2. The quantitative estimate of drug-likeness (QED) is 0.233. The van der Waals surface area contributed by atoms with Crippen molar-refractivity contribution in [2.75, 3.05) is 26.6 Å². The number of amidine groups is 1. The number of carbonyl (C=O) groups excluding carboxylic acids is 1. The van der Waals surface area contributed by atoms with Gasteiger partial charge in [0.1, 0.15) is 17.3 Å². The first-order valence-electron chi connectivity index (χ1n) is 10.6. The van der Waals surface area contributed by atoms with E-state index in [1.54, 1.807) is 82.1 Å². The maximum atomic E-state index is 12.6. The van der Waals surface area contributed by atoms with Crippen LogP contribution in [-0.4, -0.2) is 38.0 Å². The third kappa shape index (κ3) is 4.97. The molecular weight excluding hydrogens is 468 g/mol. The minimum absolute atomic E-state index is 0.0722. The smallest absolute Gasteiger partial charge is 0.258 e. The van der Waals surface area contributed by atoms with Crippen LogP contribution in [0.2, 0.25) is 5.02 Å². The average Bonchev–Trinajstić information content (AvgIpc) is 2.88. The van der Waals surface area contributed by atoms with Gasteiger partial charge >= 0.3 is 0 Å².